The van der Waals surface area contributed by atoms with Crippen LogP contribution in [0, 0.1) is 0 Å². The molecular weight excluding hydrogens is 358 g/mol. The molecule has 0 atom stereocenters. The number of amides is 1. The maximum Gasteiger partial charge on any atom is 0.427 e. The van der Waals surface area contributed by atoms with E-state index in [1.807, 2.05) is 24.3 Å². The third-order valence-corrected chi connectivity index (χ3v) is 3.70. The SMILES string of the molecule is O=C(NS(=O)(=O)Cl)Oc1ccc2ccccc2c1Br. The van der Waals surface area contributed by atoms with E-state index in [0.717, 1.165) is 10.8 Å². The van der Waals surface area contributed by atoms with Crippen LogP contribution in [-0.4, -0.2) is 14.5 Å². The molecular formula is C11H7BrClNO4S. The van der Waals surface area contributed by atoms with Crippen molar-refractivity contribution in [3.63, 3.8) is 0 Å². The molecule has 0 aliphatic carbocycles. The molecule has 1 N–H and O–H groups in total. The van der Waals surface area contributed by atoms with Gasteiger partial charge in [0, 0.05) is 10.7 Å². The van der Waals surface area contributed by atoms with Crippen molar-refractivity contribution in [2.45, 2.75) is 0 Å². The Kier molecular flexibility index (Phi) is 3.98. The van der Waals surface area contributed by atoms with Crippen LogP contribution in [0.25, 0.3) is 10.8 Å². The maximum atomic E-state index is 11.3. The van der Waals surface area contributed by atoms with E-state index >= 15 is 0 Å². The van der Waals surface area contributed by atoms with Crippen LogP contribution in [0.5, 0.6) is 5.75 Å². The molecule has 100 valence electrons. The van der Waals surface area contributed by atoms with Gasteiger partial charge in [-0.15, -0.1) is 0 Å². The Balaban J connectivity index is 2.31. The Bertz CT molecular complexity index is 747. The Labute approximate surface area is 122 Å². The van der Waals surface area contributed by atoms with Gasteiger partial charge in [0.2, 0.25) is 0 Å². The van der Waals surface area contributed by atoms with Crippen LogP contribution in [0.1, 0.15) is 0 Å². The highest BCUT2D eigenvalue weighted by Crippen LogP contribution is 2.33. The van der Waals surface area contributed by atoms with E-state index in [9.17, 15) is 13.2 Å². The molecule has 2 aromatic carbocycles. The van der Waals surface area contributed by atoms with Gasteiger partial charge in [0.25, 0.3) is 0 Å². The van der Waals surface area contributed by atoms with E-state index in [-0.39, 0.29) is 5.75 Å². The molecule has 0 fully saturated rings. The molecule has 0 saturated carbocycles. The molecule has 0 bridgehead atoms. The number of carbonyl (C=O) groups excluding carboxylic acids is 1. The van der Waals surface area contributed by atoms with Gasteiger partial charge in [-0.3, -0.25) is 0 Å². The molecule has 0 radical (unpaired) electrons. The fourth-order valence-corrected chi connectivity index (χ4v) is 2.52. The number of hydrogen-bond acceptors (Lipinski definition) is 4. The lowest BCUT2D eigenvalue weighted by Crippen LogP contribution is -2.29. The summed E-state index contributed by atoms with van der Waals surface area (Å²) in [6.45, 7) is 0. The molecule has 19 heavy (non-hydrogen) atoms. The minimum atomic E-state index is -4.17. The molecule has 0 aromatic heterocycles. The largest absolute Gasteiger partial charge is 0.427 e. The second-order valence-electron chi connectivity index (χ2n) is 3.53. The second-order valence-corrected chi connectivity index (χ2v) is 6.62. The summed E-state index contributed by atoms with van der Waals surface area (Å²) < 4.78 is 28.3. The lowest BCUT2D eigenvalue weighted by Gasteiger charge is -2.08. The molecule has 0 unspecified atom stereocenters. The molecule has 2 rings (SSSR count). The predicted molar refractivity (Wildman–Crippen MR) is 75.6 cm³/mol. The first-order valence-corrected chi connectivity index (χ1v) is 8.08. The second kappa shape index (κ2) is 5.36. The summed E-state index contributed by atoms with van der Waals surface area (Å²) in [4.78, 5) is 11.3. The van der Waals surface area contributed by atoms with Crippen molar-refractivity contribution in [2.75, 3.05) is 0 Å². The van der Waals surface area contributed by atoms with E-state index in [1.54, 1.807) is 12.1 Å². The Morgan fingerprint density at radius 2 is 1.89 bits per heavy atom. The van der Waals surface area contributed by atoms with E-state index in [1.165, 1.54) is 4.72 Å². The summed E-state index contributed by atoms with van der Waals surface area (Å²) in [6.07, 6.45) is -1.18. The summed E-state index contributed by atoms with van der Waals surface area (Å²) in [7, 11) is 0.711. The number of fused-ring (bicyclic) bond motifs is 1. The average Bonchev–Trinajstić information content (AvgIpc) is 2.31. The lowest BCUT2D eigenvalue weighted by molar-refractivity contribution is 0.207. The van der Waals surface area contributed by atoms with Crippen LogP contribution in [0.4, 0.5) is 4.79 Å². The van der Waals surface area contributed by atoms with Crippen LogP contribution < -0.4 is 9.46 Å². The first-order valence-electron chi connectivity index (χ1n) is 4.98. The normalized spacial score (nSPS) is 11.3. The standard InChI is InChI=1S/C11H7BrClNO4S/c12-10-8-4-2-1-3-7(8)5-6-9(10)18-11(15)14-19(13,16)17/h1-6H,(H,14,15). The maximum absolute atomic E-state index is 11.3. The van der Waals surface area contributed by atoms with Gasteiger partial charge in [-0.05, 0) is 32.8 Å². The van der Waals surface area contributed by atoms with Crippen LogP contribution in [0.15, 0.2) is 40.9 Å². The van der Waals surface area contributed by atoms with Crippen molar-refractivity contribution >= 4 is 52.7 Å². The number of ether oxygens (including phenoxy) is 1. The molecule has 8 heteroatoms. The topological polar surface area (TPSA) is 72.5 Å². The number of halogens is 2. The van der Waals surface area contributed by atoms with Crippen molar-refractivity contribution in [3.8, 4) is 5.75 Å². The Morgan fingerprint density at radius 3 is 2.58 bits per heavy atom. The van der Waals surface area contributed by atoms with E-state index in [0.29, 0.717) is 4.47 Å². The smallest absolute Gasteiger partial charge is 0.408 e. The Hall–Kier alpha value is -1.31. The lowest BCUT2D eigenvalue weighted by atomic mass is 10.1. The highest BCUT2D eigenvalue weighted by Gasteiger charge is 2.15. The fourth-order valence-electron chi connectivity index (χ4n) is 1.51. The van der Waals surface area contributed by atoms with Gasteiger partial charge >= 0.3 is 15.3 Å². The first-order chi connectivity index (χ1) is 8.87. The summed E-state index contributed by atoms with van der Waals surface area (Å²) >= 11 is 3.30. The molecule has 0 heterocycles. The molecule has 5 nitrogen and oxygen atoms in total. The van der Waals surface area contributed by atoms with Gasteiger partial charge in [-0.2, -0.15) is 8.42 Å². The first kappa shape index (κ1) is 14.1. The van der Waals surface area contributed by atoms with Crippen LogP contribution in [0.2, 0.25) is 0 Å². The number of benzene rings is 2. The van der Waals surface area contributed by atoms with Crippen LogP contribution >= 0.6 is 26.6 Å². The van der Waals surface area contributed by atoms with Gasteiger partial charge in [0.05, 0.1) is 4.47 Å². The minimum Gasteiger partial charge on any atom is -0.408 e. The number of nitrogens with one attached hydrogen (secondary N) is 1. The van der Waals surface area contributed by atoms with E-state index < -0.39 is 15.3 Å². The summed E-state index contributed by atoms with van der Waals surface area (Å²) in [6, 6.07) is 10.7. The third kappa shape index (κ3) is 3.59. The minimum absolute atomic E-state index is 0.191. The number of hydrogen-bond donors (Lipinski definition) is 1. The Morgan fingerprint density at radius 1 is 1.21 bits per heavy atom. The molecule has 0 spiro atoms. The van der Waals surface area contributed by atoms with Crippen molar-refractivity contribution in [1.82, 2.24) is 4.72 Å². The van der Waals surface area contributed by atoms with Crippen molar-refractivity contribution in [1.29, 1.82) is 0 Å². The van der Waals surface area contributed by atoms with Gasteiger partial charge in [0.1, 0.15) is 5.75 Å². The predicted octanol–water partition coefficient (Wildman–Crippen LogP) is 3.17. The zero-order chi connectivity index (χ0) is 14.0. The highest BCUT2D eigenvalue weighted by molar-refractivity contribution is 9.10. The van der Waals surface area contributed by atoms with Crippen molar-refractivity contribution in [2.24, 2.45) is 0 Å². The van der Waals surface area contributed by atoms with Crippen LogP contribution in [-0.2, 0) is 9.24 Å². The van der Waals surface area contributed by atoms with Gasteiger partial charge < -0.3 is 4.74 Å². The molecule has 0 aliphatic rings. The van der Waals surface area contributed by atoms with E-state index in [4.69, 9.17) is 15.4 Å². The van der Waals surface area contributed by atoms with Crippen molar-refractivity contribution in [3.05, 3.63) is 40.9 Å². The zero-order valence-corrected chi connectivity index (χ0v) is 12.4. The average molecular weight is 365 g/mol. The van der Waals surface area contributed by atoms with Crippen LogP contribution in [0.3, 0.4) is 0 Å². The molecule has 1 amide bonds. The van der Waals surface area contributed by atoms with E-state index in [2.05, 4.69) is 15.9 Å². The summed E-state index contributed by atoms with van der Waals surface area (Å²) in [5.41, 5.74) is 0. The summed E-state index contributed by atoms with van der Waals surface area (Å²) in [5, 5.41) is 1.79. The number of carbonyl (C=O) groups is 1. The third-order valence-electron chi connectivity index (χ3n) is 2.24. The summed E-state index contributed by atoms with van der Waals surface area (Å²) in [5.74, 6) is 0.191. The highest BCUT2D eigenvalue weighted by atomic mass is 79.9. The van der Waals surface area contributed by atoms with Gasteiger partial charge in [-0.25, -0.2) is 9.52 Å². The molecule has 0 saturated heterocycles. The zero-order valence-electron chi connectivity index (χ0n) is 9.26. The quantitative estimate of drug-likeness (QED) is 0.831. The van der Waals surface area contributed by atoms with Crippen molar-refractivity contribution < 1.29 is 17.9 Å². The van der Waals surface area contributed by atoms with Gasteiger partial charge in [-0.1, -0.05) is 30.3 Å². The molecule has 0 aliphatic heterocycles. The number of rotatable bonds is 2. The van der Waals surface area contributed by atoms with Gasteiger partial charge in [0.15, 0.2) is 0 Å². The monoisotopic (exact) mass is 363 g/mol. The molecule has 2 aromatic rings. The fraction of sp³-hybridized carbons (Fsp3) is 0.